The lowest BCUT2D eigenvalue weighted by molar-refractivity contribution is 0.0730. The zero-order chi connectivity index (χ0) is 21.3. The standard InChI is InChI=1S/C25H19ClO4/c1-3-16-8-13-21-20(14-16)22(27)24(23(29-21)17-9-11-18(26)12-10-17)30-25(28)19-7-5-4-6-15(19)2/h4-14H,3H2,1-2H3. The van der Waals surface area contributed by atoms with Crippen LogP contribution in [0.25, 0.3) is 22.3 Å². The molecule has 0 saturated heterocycles. The maximum Gasteiger partial charge on any atom is 0.344 e. The van der Waals surface area contributed by atoms with Gasteiger partial charge in [0.2, 0.25) is 11.2 Å². The monoisotopic (exact) mass is 418 g/mol. The number of aryl methyl sites for hydroxylation is 2. The maximum atomic E-state index is 13.3. The van der Waals surface area contributed by atoms with Crippen LogP contribution in [-0.2, 0) is 6.42 Å². The molecular formula is C25H19ClO4. The molecule has 4 rings (SSSR count). The highest BCUT2D eigenvalue weighted by atomic mass is 35.5. The summed E-state index contributed by atoms with van der Waals surface area (Å²) in [4.78, 5) is 26.2. The Bertz CT molecular complexity index is 1300. The largest absolute Gasteiger partial charge is 0.452 e. The molecule has 150 valence electrons. The van der Waals surface area contributed by atoms with E-state index in [1.165, 1.54) is 0 Å². The van der Waals surface area contributed by atoms with Crippen molar-refractivity contribution < 1.29 is 13.9 Å². The smallest absolute Gasteiger partial charge is 0.344 e. The summed E-state index contributed by atoms with van der Waals surface area (Å²) >= 11 is 6.00. The minimum atomic E-state index is -0.610. The van der Waals surface area contributed by atoms with Crippen molar-refractivity contribution >= 4 is 28.5 Å². The summed E-state index contributed by atoms with van der Waals surface area (Å²) in [5.41, 5.74) is 2.77. The van der Waals surface area contributed by atoms with E-state index in [0.29, 0.717) is 27.1 Å². The molecule has 1 heterocycles. The second-order valence-electron chi connectivity index (χ2n) is 6.98. The van der Waals surface area contributed by atoms with Crippen molar-refractivity contribution in [2.24, 2.45) is 0 Å². The van der Waals surface area contributed by atoms with Crippen LogP contribution in [0, 0.1) is 6.92 Å². The number of esters is 1. The molecule has 0 amide bonds. The third-order valence-electron chi connectivity index (χ3n) is 4.99. The van der Waals surface area contributed by atoms with Crippen LogP contribution in [0.3, 0.4) is 0 Å². The predicted octanol–water partition coefficient (Wildman–Crippen LogP) is 6.20. The van der Waals surface area contributed by atoms with Crippen LogP contribution in [0.4, 0.5) is 0 Å². The van der Waals surface area contributed by atoms with Crippen molar-refractivity contribution in [3.63, 3.8) is 0 Å². The number of carbonyl (C=O) groups excluding carboxylic acids is 1. The molecule has 0 aliphatic heterocycles. The molecule has 0 saturated carbocycles. The number of benzene rings is 3. The lowest BCUT2D eigenvalue weighted by Gasteiger charge is -2.12. The number of fused-ring (bicyclic) bond motifs is 1. The van der Waals surface area contributed by atoms with Gasteiger partial charge in [0.05, 0.1) is 10.9 Å². The fourth-order valence-corrected chi connectivity index (χ4v) is 3.40. The predicted molar refractivity (Wildman–Crippen MR) is 118 cm³/mol. The van der Waals surface area contributed by atoms with Crippen LogP contribution in [0.5, 0.6) is 5.75 Å². The Kier molecular flexibility index (Phi) is 5.42. The quantitative estimate of drug-likeness (QED) is 0.370. The summed E-state index contributed by atoms with van der Waals surface area (Å²) in [5.74, 6) is -0.553. The van der Waals surface area contributed by atoms with E-state index in [-0.39, 0.29) is 11.5 Å². The van der Waals surface area contributed by atoms with Crippen LogP contribution >= 0.6 is 11.6 Å². The van der Waals surface area contributed by atoms with Gasteiger partial charge in [-0.05, 0) is 66.9 Å². The van der Waals surface area contributed by atoms with Gasteiger partial charge in [-0.2, -0.15) is 0 Å². The Hall–Kier alpha value is -3.37. The molecule has 0 radical (unpaired) electrons. The van der Waals surface area contributed by atoms with E-state index in [0.717, 1.165) is 17.5 Å². The van der Waals surface area contributed by atoms with Crippen LogP contribution in [0.15, 0.2) is 75.9 Å². The summed E-state index contributed by atoms with van der Waals surface area (Å²) in [7, 11) is 0. The molecule has 0 atom stereocenters. The van der Waals surface area contributed by atoms with Crippen LogP contribution in [0.2, 0.25) is 5.02 Å². The van der Waals surface area contributed by atoms with Gasteiger partial charge in [-0.15, -0.1) is 0 Å². The number of ether oxygens (including phenoxy) is 1. The fraction of sp³-hybridized carbons (Fsp3) is 0.120. The third kappa shape index (κ3) is 3.74. The molecule has 4 aromatic rings. The summed E-state index contributed by atoms with van der Waals surface area (Å²) in [6, 6.07) is 19.3. The minimum Gasteiger partial charge on any atom is -0.452 e. The first-order chi connectivity index (χ1) is 14.5. The van der Waals surface area contributed by atoms with E-state index in [9.17, 15) is 9.59 Å². The molecule has 4 nitrogen and oxygen atoms in total. The number of halogens is 1. The van der Waals surface area contributed by atoms with Crippen molar-refractivity contribution in [1.29, 1.82) is 0 Å². The molecule has 0 N–H and O–H groups in total. The Morgan fingerprint density at radius 3 is 2.47 bits per heavy atom. The molecule has 30 heavy (non-hydrogen) atoms. The highest BCUT2D eigenvalue weighted by Gasteiger charge is 2.22. The summed E-state index contributed by atoms with van der Waals surface area (Å²) < 4.78 is 11.7. The van der Waals surface area contributed by atoms with E-state index in [1.54, 1.807) is 48.5 Å². The van der Waals surface area contributed by atoms with Crippen molar-refractivity contribution in [3.8, 4) is 17.1 Å². The summed E-state index contributed by atoms with van der Waals surface area (Å²) in [6.07, 6.45) is 0.770. The van der Waals surface area contributed by atoms with Gasteiger partial charge in [0, 0.05) is 10.6 Å². The highest BCUT2D eigenvalue weighted by Crippen LogP contribution is 2.32. The Morgan fingerprint density at radius 1 is 1.03 bits per heavy atom. The van der Waals surface area contributed by atoms with Gasteiger partial charge in [0.15, 0.2) is 5.76 Å². The molecular weight excluding hydrogens is 400 g/mol. The topological polar surface area (TPSA) is 56.5 Å². The molecule has 1 aromatic heterocycles. The highest BCUT2D eigenvalue weighted by molar-refractivity contribution is 6.30. The molecule has 0 aliphatic rings. The minimum absolute atomic E-state index is 0.133. The molecule has 0 spiro atoms. The molecule has 0 aliphatic carbocycles. The first-order valence-corrected chi connectivity index (χ1v) is 9.99. The van der Waals surface area contributed by atoms with Crippen LogP contribution < -0.4 is 10.2 Å². The SMILES string of the molecule is CCc1ccc2oc(-c3ccc(Cl)cc3)c(OC(=O)c3ccccc3C)c(=O)c2c1. The van der Waals surface area contributed by atoms with Crippen molar-refractivity contribution in [1.82, 2.24) is 0 Å². The van der Waals surface area contributed by atoms with Crippen LogP contribution in [-0.4, -0.2) is 5.97 Å². The number of carbonyl (C=O) groups is 1. The molecule has 0 bridgehead atoms. The first-order valence-electron chi connectivity index (χ1n) is 9.61. The lowest BCUT2D eigenvalue weighted by atomic mass is 10.1. The molecule has 5 heteroatoms. The summed E-state index contributed by atoms with van der Waals surface area (Å²) in [5, 5.41) is 0.924. The second-order valence-corrected chi connectivity index (χ2v) is 7.42. The number of hydrogen-bond acceptors (Lipinski definition) is 4. The van der Waals surface area contributed by atoms with Gasteiger partial charge >= 0.3 is 5.97 Å². The second kappa shape index (κ2) is 8.17. The van der Waals surface area contributed by atoms with Gasteiger partial charge in [-0.3, -0.25) is 4.79 Å². The zero-order valence-electron chi connectivity index (χ0n) is 16.6. The van der Waals surface area contributed by atoms with Gasteiger partial charge in [-0.1, -0.05) is 42.8 Å². The molecule has 0 fully saturated rings. The number of hydrogen-bond donors (Lipinski definition) is 0. The average molecular weight is 419 g/mol. The summed E-state index contributed by atoms with van der Waals surface area (Å²) in [6.45, 7) is 3.82. The van der Waals surface area contributed by atoms with E-state index in [4.69, 9.17) is 20.8 Å². The first kappa shape index (κ1) is 19.9. The van der Waals surface area contributed by atoms with Crippen molar-refractivity contribution in [2.75, 3.05) is 0 Å². The van der Waals surface area contributed by atoms with Crippen LogP contribution in [0.1, 0.15) is 28.4 Å². The number of rotatable bonds is 4. The van der Waals surface area contributed by atoms with Crippen molar-refractivity contribution in [3.05, 3.63) is 98.7 Å². The van der Waals surface area contributed by atoms with E-state index < -0.39 is 11.4 Å². The Labute approximate surface area is 178 Å². The van der Waals surface area contributed by atoms with Gasteiger partial charge in [0.25, 0.3) is 0 Å². The Balaban J connectivity index is 1.92. The average Bonchev–Trinajstić information content (AvgIpc) is 2.76. The third-order valence-corrected chi connectivity index (χ3v) is 5.24. The van der Waals surface area contributed by atoms with E-state index in [2.05, 4.69) is 0 Å². The van der Waals surface area contributed by atoms with E-state index >= 15 is 0 Å². The van der Waals surface area contributed by atoms with Gasteiger partial charge in [-0.25, -0.2) is 4.79 Å². The van der Waals surface area contributed by atoms with E-state index in [1.807, 2.05) is 32.0 Å². The maximum absolute atomic E-state index is 13.3. The fourth-order valence-electron chi connectivity index (χ4n) is 3.28. The van der Waals surface area contributed by atoms with Gasteiger partial charge < -0.3 is 9.15 Å². The van der Waals surface area contributed by atoms with Gasteiger partial charge in [0.1, 0.15) is 5.58 Å². The Morgan fingerprint density at radius 2 is 1.77 bits per heavy atom. The van der Waals surface area contributed by atoms with Crippen molar-refractivity contribution in [2.45, 2.75) is 20.3 Å². The molecule has 3 aromatic carbocycles. The molecule has 0 unspecified atom stereocenters. The normalized spacial score (nSPS) is 10.9. The zero-order valence-corrected chi connectivity index (χ0v) is 17.3. The lowest BCUT2D eigenvalue weighted by Crippen LogP contribution is -2.17.